The number of alkyl halides is 5. The normalized spacial score (nSPS) is 17.4. The molecule has 2 rings (SSSR count). The Morgan fingerprint density at radius 3 is 2.21 bits per heavy atom. The summed E-state index contributed by atoms with van der Waals surface area (Å²) >= 11 is 0. The van der Waals surface area contributed by atoms with Crippen LogP contribution in [0, 0.1) is 11.3 Å². The largest absolute Gasteiger partial charge is 0.417 e. The number of carbonyl (C=O) groups excluding carboxylic acids is 2. The zero-order valence-electron chi connectivity index (χ0n) is 12.2. The van der Waals surface area contributed by atoms with Crippen molar-refractivity contribution in [2.24, 2.45) is 0 Å². The van der Waals surface area contributed by atoms with Crippen molar-refractivity contribution in [1.82, 2.24) is 4.90 Å². The summed E-state index contributed by atoms with van der Waals surface area (Å²) in [6.07, 6.45) is -4.91. The molecule has 0 saturated carbocycles. The molecule has 128 valence electrons. The average molecular weight is 347 g/mol. The van der Waals surface area contributed by atoms with Crippen LogP contribution in [-0.4, -0.2) is 42.8 Å². The second-order valence-electron chi connectivity index (χ2n) is 5.12. The summed E-state index contributed by atoms with van der Waals surface area (Å²) in [5.74, 6) is -1.31. The summed E-state index contributed by atoms with van der Waals surface area (Å²) in [5, 5.41) is 8.74. The van der Waals surface area contributed by atoms with E-state index in [9.17, 15) is 31.5 Å². The number of amides is 3. The van der Waals surface area contributed by atoms with Gasteiger partial charge in [-0.3, -0.25) is 4.79 Å². The third kappa shape index (κ3) is 2.36. The molecule has 0 N–H and O–H groups in total. The molecular formula is C14H10F5N3O2. The SMILES string of the molecule is CN1C(=O)N(c2ccc(C#N)c(C(F)(F)F)c2)C(=O)C1(CF)CF. The van der Waals surface area contributed by atoms with Gasteiger partial charge in [-0.05, 0) is 18.2 Å². The van der Waals surface area contributed by atoms with Crippen LogP contribution in [0.3, 0.4) is 0 Å². The first-order chi connectivity index (χ1) is 11.1. The van der Waals surface area contributed by atoms with E-state index in [-0.39, 0.29) is 4.90 Å². The van der Waals surface area contributed by atoms with Crippen molar-refractivity contribution in [3.05, 3.63) is 29.3 Å². The zero-order valence-corrected chi connectivity index (χ0v) is 12.2. The number of urea groups is 1. The summed E-state index contributed by atoms with van der Waals surface area (Å²) in [6, 6.07) is 2.33. The maximum Gasteiger partial charge on any atom is 0.417 e. The molecule has 1 fully saturated rings. The Kier molecular flexibility index (Phi) is 4.22. The number of nitrogens with zero attached hydrogens (tertiary/aromatic N) is 3. The highest BCUT2D eigenvalue weighted by Crippen LogP contribution is 2.37. The minimum absolute atomic E-state index is 0.273. The quantitative estimate of drug-likeness (QED) is 0.624. The van der Waals surface area contributed by atoms with Crippen LogP contribution in [0.25, 0.3) is 0 Å². The number of hydrogen-bond donors (Lipinski definition) is 0. The predicted molar refractivity (Wildman–Crippen MR) is 71.5 cm³/mol. The van der Waals surface area contributed by atoms with Crippen LogP contribution < -0.4 is 4.90 Å². The van der Waals surface area contributed by atoms with Crippen LogP contribution in [0.4, 0.5) is 32.4 Å². The fraction of sp³-hybridized carbons (Fsp3) is 0.357. The van der Waals surface area contributed by atoms with Crippen molar-refractivity contribution in [3.8, 4) is 6.07 Å². The van der Waals surface area contributed by atoms with Crippen LogP contribution >= 0.6 is 0 Å². The Morgan fingerprint density at radius 1 is 1.21 bits per heavy atom. The molecule has 24 heavy (non-hydrogen) atoms. The van der Waals surface area contributed by atoms with Gasteiger partial charge in [-0.25, -0.2) is 18.5 Å². The Morgan fingerprint density at radius 2 is 1.79 bits per heavy atom. The van der Waals surface area contributed by atoms with Gasteiger partial charge in [0, 0.05) is 7.05 Å². The number of likely N-dealkylation sites (N-methyl/N-ethyl adjacent to an activating group) is 1. The Balaban J connectivity index is 2.59. The van der Waals surface area contributed by atoms with Gasteiger partial charge >= 0.3 is 12.2 Å². The lowest BCUT2D eigenvalue weighted by molar-refractivity contribution is -0.137. The monoisotopic (exact) mass is 347 g/mol. The molecule has 1 aromatic carbocycles. The minimum Gasteiger partial charge on any atom is -0.307 e. The summed E-state index contributed by atoms with van der Waals surface area (Å²) in [5.41, 5.74) is -4.99. The number of imide groups is 1. The summed E-state index contributed by atoms with van der Waals surface area (Å²) in [4.78, 5) is 25.2. The van der Waals surface area contributed by atoms with Crippen LogP contribution in [0.2, 0.25) is 0 Å². The van der Waals surface area contributed by atoms with Crippen molar-refractivity contribution < 1.29 is 31.5 Å². The summed E-state index contributed by atoms with van der Waals surface area (Å²) in [7, 11) is 0.980. The van der Waals surface area contributed by atoms with Crippen LogP contribution in [-0.2, 0) is 11.0 Å². The molecule has 1 aliphatic heterocycles. The van der Waals surface area contributed by atoms with Gasteiger partial charge in [0.15, 0.2) is 5.54 Å². The fourth-order valence-electron chi connectivity index (χ4n) is 2.33. The van der Waals surface area contributed by atoms with E-state index in [0.717, 1.165) is 19.2 Å². The molecule has 0 radical (unpaired) electrons. The fourth-order valence-corrected chi connectivity index (χ4v) is 2.33. The van der Waals surface area contributed by atoms with Gasteiger partial charge in [0.1, 0.15) is 13.3 Å². The second-order valence-corrected chi connectivity index (χ2v) is 5.12. The smallest absolute Gasteiger partial charge is 0.307 e. The van der Waals surface area contributed by atoms with E-state index in [1.54, 1.807) is 0 Å². The molecule has 0 unspecified atom stereocenters. The van der Waals surface area contributed by atoms with Gasteiger partial charge in [-0.15, -0.1) is 0 Å². The number of halogens is 5. The first-order valence-corrected chi connectivity index (χ1v) is 6.49. The maximum absolute atomic E-state index is 13.2. The van der Waals surface area contributed by atoms with Gasteiger partial charge < -0.3 is 4.90 Å². The Bertz CT molecular complexity index is 737. The molecule has 1 aliphatic rings. The first kappa shape index (κ1) is 17.7. The van der Waals surface area contributed by atoms with Crippen LogP contribution in [0.1, 0.15) is 11.1 Å². The average Bonchev–Trinajstić information content (AvgIpc) is 2.73. The van der Waals surface area contributed by atoms with Gasteiger partial charge in [-0.2, -0.15) is 18.4 Å². The van der Waals surface area contributed by atoms with Crippen molar-refractivity contribution >= 4 is 17.6 Å². The van der Waals surface area contributed by atoms with E-state index >= 15 is 0 Å². The molecule has 1 saturated heterocycles. The molecule has 3 amide bonds. The van der Waals surface area contributed by atoms with Crippen LogP contribution in [0.15, 0.2) is 18.2 Å². The van der Waals surface area contributed by atoms with Crippen molar-refractivity contribution in [2.45, 2.75) is 11.7 Å². The van der Waals surface area contributed by atoms with E-state index in [1.165, 1.54) is 6.07 Å². The number of benzene rings is 1. The van der Waals surface area contributed by atoms with Gasteiger partial charge in [0.2, 0.25) is 0 Å². The highest BCUT2D eigenvalue weighted by atomic mass is 19.4. The number of nitriles is 1. The summed E-state index contributed by atoms with van der Waals surface area (Å²) < 4.78 is 65.4. The molecule has 0 spiro atoms. The van der Waals surface area contributed by atoms with Gasteiger partial charge in [-0.1, -0.05) is 0 Å². The standard InChI is InChI=1S/C14H10F5N3O2/c1-21-12(24)22(11(23)13(21,6-15)7-16)9-3-2-8(5-20)10(4-9)14(17,18)19/h2-4H,6-7H2,1H3. The van der Waals surface area contributed by atoms with Crippen molar-refractivity contribution in [1.29, 1.82) is 5.26 Å². The Hall–Kier alpha value is -2.70. The Labute approximate surface area is 132 Å². The van der Waals surface area contributed by atoms with Gasteiger partial charge in [0.25, 0.3) is 5.91 Å². The third-order valence-corrected chi connectivity index (χ3v) is 3.85. The number of carbonyl (C=O) groups is 2. The first-order valence-electron chi connectivity index (χ1n) is 6.49. The third-order valence-electron chi connectivity index (χ3n) is 3.85. The number of rotatable bonds is 3. The number of anilines is 1. The highest BCUT2D eigenvalue weighted by Gasteiger charge is 2.57. The lowest BCUT2D eigenvalue weighted by atomic mass is 10.0. The van der Waals surface area contributed by atoms with E-state index in [4.69, 9.17) is 5.26 Å². The van der Waals surface area contributed by atoms with E-state index in [1.807, 2.05) is 0 Å². The molecule has 0 bridgehead atoms. The molecule has 0 aromatic heterocycles. The molecular weight excluding hydrogens is 337 g/mol. The van der Waals surface area contributed by atoms with Crippen molar-refractivity contribution in [3.63, 3.8) is 0 Å². The van der Waals surface area contributed by atoms with Crippen molar-refractivity contribution in [2.75, 3.05) is 25.3 Å². The molecule has 1 heterocycles. The lowest BCUT2D eigenvalue weighted by Gasteiger charge is -2.25. The molecule has 0 atom stereocenters. The van der Waals surface area contributed by atoms with Gasteiger partial charge in [0.05, 0.1) is 22.9 Å². The van der Waals surface area contributed by atoms with E-state index in [0.29, 0.717) is 11.0 Å². The summed E-state index contributed by atoms with van der Waals surface area (Å²) in [6.45, 7) is -3.05. The molecule has 0 aliphatic carbocycles. The zero-order chi connectivity index (χ0) is 18.3. The minimum atomic E-state index is -4.91. The number of hydrogen-bond acceptors (Lipinski definition) is 3. The maximum atomic E-state index is 13.2. The molecule has 1 aromatic rings. The molecule has 10 heteroatoms. The predicted octanol–water partition coefficient (Wildman–Crippen LogP) is 2.65. The van der Waals surface area contributed by atoms with E-state index < -0.39 is 53.8 Å². The second kappa shape index (κ2) is 5.74. The topological polar surface area (TPSA) is 64.4 Å². The lowest BCUT2D eigenvalue weighted by Crippen LogP contribution is -2.52. The highest BCUT2D eigenvalue weighted by molar-refractivity contribution is 6.23. The molecule has 5 nitrogen and oxygen atoms in total. The van der Waals surface area contributed by atoms with E-state index in [2.05, 4.69) is 0 Å². The van der Waals surface area contributed by atoms with Crippen LogP contribution in [0.5, 0.6) is 0 Å².